The molecule has 3 heteroatoms. The Morgan fingerprint density at radius 3 is 1.54 bits per heavy atom. The van der Waals surface area contributed by atoms with Gasteiger partial charge in [-0.2, -0.15) is 0 Å². The average Bonchev–Trinajstić information content (AvgIpc) is 2.67. The number of rotatable bonds is 19. The zero-order valence-corrected chi connectivity index (χ0v) is 18.0. The molecule has 0 heterocycles. The lowest BCUT2D eigenvalue weighted by Crippen LogP contribution is -2.31. The quantitative estimate of drug-likeness (QED) is 0.201. The molecule has 0 fully saturated rings. The lowest BCUT2D eigenvalue weighted by molar-refractivity contribution is -0.148. The van der Waals surface area contributed by atoms with Crippen molar-refractivity contribution in [2.45, 2.75) is 124 Å². The summed E-state index contributed by atoms with van der Waals surface area (Å²) in [5, 5.41) is 9.50. The number of esters is 1. The Bertz CT molecular complexity index is 302. The summed E-state index contributed by atoms with van der Waals surface area (Å²) >= 11 is 0. The van der Waals surface area contributed by atoms with Crippen molar-refractivity contribution in [3.05, 3.63) is 0 Å². The second-order valence-electron chi connectivity index (χ2n) is 8.02. The summed E-state index contributed by atoms with van der Waals surface area (Å²) in [6, 6.07) is 0. The molecule has 1 N–H and O–H groups in total. The van der Waals surface area contributed by atoms with E-state index in [1.54, 1.807) is 0 Å². The van der Waals surface area contributed by atoms with Crippen molar-refractivity contribution in [3.8, 4) is 0 Å². The minimum atomic E-state index is -0.244. The van der Waals surface area contributed by atoms with E-state index in [-0.39, 0.29) is 18.0 Å². The van der Waals surface area contributed by atoms with Crippen LogP contribution in [0.15, 0.2) is 0 Å². The number of aliphatic hydroxyl groups is 1. The van der Waals surface area contributed by atoms with Crippen LogP contribution in [0.2, 0.25) is 0 Å². The van der Waals surface area contributed by atoms with Crippen molar-refractivity contribution in [1.29, 1.82) is 0 Å². The van der Waals surface area contributed by atoms with Crippen molar-refractivity contribution in [3.63, 3.8) is 0 Å². The Morgan fingerprint density at radius 1 is 0.731 bits per heavy atom. The maximum Gasteiger partial charge on any atom is 0.305 e. The number of hydrogen-bond acceptors (Lipinski definition) is 3. The lowest BCUT2D eigenvalue weighted by Gasteiger charge is -2.28. The Labute approximate surface area is 163 Å². The van der Waals surface area contributed by atoms with Gasteiger partial charge in [-0.15, -0.1) is 0 Å². The molecule has 0 aliphatic rings. The van der Waals surface area contributed by atoms with E-state index in [9.17, 15) is 9.90 Å². The third kappa shape index (κ3) is 13.6. The second-order valence-corrected chi connectivity index (χ2v) is 8.02. The fraction of sp³-hybridized carbons (Fsp3) is 0.957. The highest BCUT2D eigenvalue weighted by Crippen LogP contribution is 2.26. The van der Waals surface area contributed by atoms with Gasteiger partial charge in [-0.3, -0.25) is 4.79 Å². The number of ether oxygens (including phenoxy) is 1. The number of unbranched alkanes of at least 4 members (excludes halogenated alkanes) is 12. The third-order valence-electron chi connectivity index (χ3n) is 5.86. The van der Waals surface area contributed by atoms with Crippen LogP contribution in [0, 0.1) is 5.41 Å². The van der Waals surface area contributed by atoms with Crippen LogP contribution in [0.3, 0.4) is 0 Å². The largest absolute Gasteiger partial charge is 0.465 e. The van der Waals surface area contributed by atoms with Crippen molar-refractivity contribution in [2.75, 3.05) is 13.2 Å². The van der Waals surface area contributed by atoms with Gasteiger partial charge in [-0.25, -0.2) is 0 Å². The van der Waals surface area contributed by atoms with Crippen LogP contribution >= 0.6 is 0 Å². The van der Waals surface area contributed by atoms with Gasteiger partial charge in [0.25, 0.3) is 0 Å². The summed E-state index contributed by atoms with van der Waals surface area (Å²) in [7, 11) is 0. The summed E-state index contributed by atoms with van der Waals surface area (Å²) in [5.41, 5.74) is -0.244. The zero-order chi connectivity index (χ0) is 19.5. The molecule has 0 aliphatic heterocycles. The SMILES string of the molecule is CCCCCCCCCCCCCCCC(=O)OCC(CC)(CC)CO. The van der Waals surface area contributed by atoms with Crippen LogP contribution in [-0.2, 0) is 9.53 Å². The zero-order valence-electron chi connectivity index (χ0n) is 18.0. The van der Waals surface area contributed by atoms with Gasteiger partial charge in [-0.1, -0.05) is 97.8 Å². The second kappa shape index (κ2) is 17.8. The van der Waals surface area contributed by atoms with Crippen molar-refractivity contribution in [1.82, 2.24) is 0 Å². The molecule has 0 unspecified atom stereocenters. The van der Waals surface area contributed by atoms with E-state index < -0.39 is 0 Å². The van der Waals surface area contributed by atoms with E-state index in [4.69, 9.17) is 4.74 Å². The number of carbonyl (C=O) groups excluding carboxylic acids is 1. The van der Waals surface area contributed by atoms with Crippen molar-refractivity contribution < 1.29 is 14.6 Å². The molecule has 3 nitrogen and oxygen atoms in total. The monoisotopic (exact) mass is 370 g/mol. The van der Waals surface area contributed by atoms with Crippen molar-refractivity contribution in [2.24, 2.45) is 5.41 Å². The van der Waals surface area contributed by atoms with Crippen LogP contribution in [-0.4, -0.2) is 24.3 Å². The van der Waals surface area contributed by atoms with Gasteiger partial charge in [0.15, 0.2) is 0 Å². The summed E-state index contributed by atoms with van der Waals surface area (Å²) in [6.45, 7) is 6.79. The van der Waals surface area contributed by atoms with Crippen LogP contribution in [0.25, 0.3) is 0 Å². The molecule has 0 aromatic rings. The first-order chi connectivity index (χ1) is 12.6. The number of aliphatic hydroxyl groups excluding tert-OH is 1. The molecule has 0 saturated heterocycles. The first-order valence-corrected chi connectivity index (χ1v) is 11.4. The van der Waals surface area contributed by atoms with Gasteiger partial charge in [0.05, 0.1) is 13.2 Å². The molecule has 0 aliphatic carbocycles. The van der Waals surface area contributed by atoms with Gasteiger partial charge in [-0.05, 0) is 19.3 Å². The first-order valence-electron chi connectivity index (χ1n) is 11.4. The predicted octanol–water partition coefficient (Wildman–Crippen LogP) is 6.81. The standard InChI is InChI=1S/C23H46O3/c1-4-7-8-9-10-11-12-13-14-15-16-17-18-19-22(25)26-21-23(5-2,6-3)20-24/h24H,4-21H2,1-3H3. The Morgan fingerprint density at radius 2 is 1.15 bits per heavy atom. The van der Waals surface area contributed by atoms with Crippen LogP contribution in [0.5, 0.6) is 0 Å². The number of hydrogen-bond donors (Lipinski definition) is 1. The van der Waals surface area contributed by atoms with Gasteiger partial charge < -0.3 is 9.84 Å². The first kappa shape index (κ1) is 25.4. The van der Waals surface area contributed by atoms with Gasteiger partial charge in [0, 0.05) is 11.8 Å². The number of carbonyl (C=O) groups is 1. The molecule has 0 saturated carbocycles. The van der Waals surface area contributed by atoms with Crippen molar-refractivity contribution >= 4 is 5.97 Å². The molecule has 0 radical (unpaired) electrons. The highest BCUT2D eigenvalue weighted by molar-refractivity contribution is 5.69. The van der Waals surface area contributed by atoms with Crippen LogP contribution in [0.4, 0.5) is 0 Å². The van der Waals surface area contributed by atoms with E-state index in [0.717, 1.165) is 25.7 Å². The Balaban J connectivity index is 3.40. The molecule has 0 amide bonds. The molecule has 0 aromatic heterocycles. The molecule has 0 atom stereocenters. The van der Waals surface area contributed by atoms with E-state index >= 15 is 0 Å². The van der Waals surface area contributed by atoms with Gasteiger partial charge >= 0.3 is 5.97 Å². The molecule has 26 heavy (non-hydrogen) atoms. The average molecular weight is 371 g/mol. The van der Waals surface area contributed by atoms with E-state index in [0.29, 0.717) is 13.0 Å². The summed E-state index contributed by atoms with van der Waals surface area (Å²) in [6.07, 6.45) is 19.2. The topological polar surface area (TPSA) is 46.5 Å². The molecule has 156 valence electrons. The summed E-state index contributed by atoms with van der Waals surface area (Å²) in [4.78, 5) is 11.8. The van der Waals surface area contributed by atoms with Crippen LogP contribution in [0.1, 0.15) is 124 Å². The Hall–Kier alpha value is -0.570. The van der Waals surface area contributed by atoms with Gasteiger partial charge in [0.2, 0.25) is 0 Å². The fourth-order valence-electron chi connectivity index (χ4n) is 3.32. The molecular weight excluding hydrogens is 324 g/mol. The molecular formula is C23H46O3. The summed E-state index contributed by atoms with van der Waals surface area (Å²) in [5.74, 6) is -0.104. The Kier molecular flexibility index (Phi) is 17.4. The minimum Gasteiger partial charge on any atom is -0.465 e. The normalized spacial score (nSPS) is 11.7. The molecule has 0 spiro atoms. The summed E-state index contributed by atoms with van der Waals surface area (Å²) < 4.78 is 5.39. The maximum atomic E-state index is 11.8. The highest BCUT2D eigenvalue weighted by Gasteiger charge is 2.27. The lowest BCUT2D eigenvalue weighted by atomic mass is 9.84. The predicted molar refractivity (Wildman–Crippen MR) is 111 cm³/mol. The smallest absolute Gasteiger partial charge is 0.305 e. The van der Waals surface area contributed by atoms with Crippen LogP contribution < -0.4 is 0 Å². The van der Waals surface area contributed by atoms with Gasteiger partial charge in [0.1, 0.15) is 0 Å². The fourth-order valence-corrected chi connectivity index (χ4v) is 3.32. The maximum absolute atomic E-state index is 11.8. The minimum absolute atomic E-state index is 0.0893. The van der Waals surface area contributed by atoms with E-state index in [2.05, 4.69) is 6.92 Å². The molecule has 0 rings (SSSR count). The highest BCUT2D eigenvalue weighted by atomic mass is 16.5. The van der Waals surface area contributed by atoms with E-state index in [1.807, 2.05) is 13.8 Å². The van der Waals surface area contributed by atoms with E-state index in [1.165, 1.54) is 70.6 Å². The molecule has 0 aromatic carbocycles. The molecule has 0 bridgehead atoms. The third-order valence-corrected chi connectivity index (χ3v) is 5.86.